The van der Waals surface area contributed by atoms with Gasteiger partial charge in [0.1, 0.15) is 0 Å². The zero-order valence-electron chi connectivity index (χ0n) is 15.2. The number of hydrogen-bond donors (Lipinski definition) is 3. The van der Waals surface area contributed by atoms with Crippen molar-refractivity contribution in [1.29, 1.82) is 0 Å². The topological polar surface area (TPSA) is 132 Å². The number of fused-ring (bicyclic) bond motifs is 1. The summed E-state index contributed by atoms with van der Waals surface area (Å²) in [5.74, 6) is -0.815. The molecule has 0 spiro atoms. The van der Waals surface area contributed by atoms with Crippen LogP contribution in [0.5, 0.6) is 0 Å². The van der Waals surface area contributed by atoms with Crippen molar-refractivity contribution in [2.24, 2.45) is 5.73 Å². The fourth-order valence-electron chi connectivity index (χ4n) is 2.77. The largest absolute Gasteiger partial charge is 0.364 e. The van der Waals surface area contributed by atoms with Crippen molar-refractivity contribution in [3.05, 3.63) is 65.9 Å². The van der Waals surface area contributed by atoms with Crippen LogP contribution in [-0.2, 0) is 11.3 Å². The van der Waals surface area contributed by atoms with E-state index in [1.165, 1.54) is 16.4 Å². The average Bonchev–Trinajstić information content (AvgIpc) is 3.31. The molecule has 2 aromatic carbocycles. The molecular weight excluding hydrogens is 390 g/mol. The van der Waals surface area contributed by atoms with Crippen molar-refractivity contribution in [2.75, 3.05) is 11.1 Å². The van der Waals surface area contributed by atoms with Crippen LogP contribution in [0.3, 0.4) is 0 Å². The number of nitrogens with zero attached hydrogens (tertiary/aromatic N) is 4. The first-order valence-corrected chi connectivity index (χ1v) is 9.73. The van der Waals surface area contributed by atoms with E-state index >= 15 is 0 Å². The summed E-state index contributed by atoms with van der Waals surface area (Å²) < 4.78 is 1.44. The first kappa shape index (κ1) is 18.7. The summed E-state index contributed by atoms with van der Waals surface area (Å²) in [6.07, 6.45) is 0. The number of nitrogens with one attached hydrogen (secondary N) is 2. The highest BCUT2D eigenvalue weighted by Gasteiger charge is 2.20. The summed E-state index contributed by atoms with van der Waals surface area (Å²) in [6, 6.07) is 17.1. The van der Waals surface area contributed by atoms with Crippen molar-refractivity contribution in [1.82, 2.24) is 25.0 Å². The lowest BCUT2D eigenvalue weighted by Crippen LogP contribution is -2.21. The molecule has 10 heteroatoms. The first-order valence-electron chi connectivity index (χ1n) is 8.75. The van der Waals surface area contributed by atoms with Crippen molar-refractivity contribution in [3.63, 3.8) is 0 Å². The van der Waals surface area contributed by atoms with Gasteiger partial charge in [0.05, 0.1) is 23.3 Å². The second kappa shape index (κ2) is 8.15. The van der Waals surface area contributed by atoms with Gasteiger partial charge >= 0.3 is 0 Å². The van der Waals surface area contributed by atoms with Gasteiger partial charge in [-0.25, -0.2) is 9.67 Å². The Balaban J connectivity index is 1.47. The fourth-order valence-corrected chi connectivity index (χ4v) is 3.45. The summed E-state index contributed by atoms with van der Waals surface area (Å²) in [6.45, 7) is 0.341. The van der Waals surface area contributed by atoms with E-state index in [1.807, 2.05) is 54.6 Å². The third-order valence-corrected chi connectivity index (χ3v) is 4.98. The van der Waals surface area contributed by atoms with Crippen molar-refractivity contribution >= 4 is 40.4 Å². The highest BCUT2D eigenvalue weighted by atomic mass is 32.2. The molecule has 0 fully saturated rings. The van der Waals surface area contributed by atoms with Crippen LogP contribution < -0.4 is 11.1 Å². The number of H-pyrrole nitrogens is 1. The van der Waals surface area contributed by atoms with Crippen LogP contribution >= 0.6 is 11.8 Å². The number of imidazole rings is 1. The van der Waals surface area contributed by atoms with Crippen molar-refractivity contribution < 1.29 is 9.59 Å². The molecule has 0 aliphatic heterocycles. The highest BCUT2D eigenvalue weighted by molar-refractivity contribution is 7.99. The van der Waals surface area contributed by atoms with Crippen LogP contribution in [0.4, 0.5) is 5.82 Å². The molecule has 29 heavy (non-hydrogen) atoms. The summed E-state index contributed by atoms with van der Waals surface area (Å²) in [5, 5.41) is 11.1. The number of anilines is 1. The Hall–Kier alpha value is -3.66. The number of para-hydroxylation sites is 2. The summed E-state index contributed by atoms with van der Waals surface area (Å²) in [5.41, 5.74) is 7.97. The standard InChI is InChI=1S/C19H17N7O2S/c20-17(28)16-18(26(25-24-16)10-12-6-2-1-3-7-12)23-15(27)11-29-19-21-13-8-4-5-9-14(13)22-19/h1-9H,10-11H2,(H2,20,28)(H,21,22)(H,23,27). The third kappa shape index (κ3) is 4.27. The number of aromatic amines is 1. The van der Waals surface area contributed by atoms with E-state index < -0.39 is 5.91 Å². The van der Waals surface area contributed by atoms with E-state index in [-0.39, 0.29) is 23.2 Å². The fraction of sp³-hybridized carbons (Fsp3) is 0.105. The average molecular weight is 407 g/mol. The molecule has 9 nitrogen and oxygen atoms in total. The molecule has 0 bridgehead atoms. The van der Waals surface area contributed by atoms with Gasteiger partial charge in [-0.1, -0.05) is 59.4 Å². The maximum atomic E-state index is 12.5. The minimum absolute atomic E-state index is 0.0805. The summed E-state index contributed by atoms with van der Waals surface area (Å²) in [4.78, 5) is 31.7. The Morgan fingerprint density at radius 1 is 1.10 bits per heavy atom. The molecule has 4 rings (SSSR count). The minimum Gasteiger partial charge on any atom is -0.364 e. The van der Waals surface area contributed by atoms with Gasteiger partial charge in [-0.3, -0.25) is 9.59 Å². The number of thioether (sulfide) groups is 1. The second-order valence-corrected chi connectivity index (χ2v) is 7.15. The van der Waals surface area contributed by atoms with E-state index in [0.717, 1.165) is 16.6 Å². The van der Waals surface area contributed by atoms with Gasteiger partial charge < -0.3 is 16.0 Å². The molecule has 4 N–H and O–H groups in total. The monoisotopic (exact) mass is 407 g/mol. The van der Waals surface area contributed by atoms with Gasteiger partial charge in [0.2, 0.25) is 5.91 Å². The molecule has 0 aliphatic carbocycles. The molecule has 0 aliphatic rings. The van der Waals surface area contributed by atoms with E-state index in [2.05, 4.69) is 25.6 Å². The molecule has 4 aromatic rings. The minimum atomic E-state index is -0.760. The summed E-state index contributed by atoms with van der Waals surface area (Å²) >= 11 is 1.26. The molecule has 0 radical (unpaired) electrons. The molecule has 0 saturated carbocycles. The lowest BCUT2D eigenvalue weighted by molar-refractivity contribution is -0.113. The van der Waals surface area contributed by atoms with E-state index in [0.29, 0.717) is 11.7 Å². The zero-order chi connectivity index (χ0) is 20.2. The normalized spacial score (nSPS) is 10.9. The molecule has 2 heterocycles. The Bertz CT molecular complexity index is 1140. The van der Waals surface area contributed by atoms with Gasteiger partial charge in [0, 0.05) is 0 Å². The lowest BCUT2D eigenvalue weighted by atomic mass is 10.2. The molecule has 2 aromatic heterocycles. The van der Waals surface area contributed by atoms with E-state index in [9.17, 15) is 9.59 Å². The molecule has 146 valence electrons. The van der Waals surface area contributed by atoms with Crippen LogP contribution in [-0.4, -0.2) is 42.5 Å². The number of amides is 2. The van der Waals surface area contributed by atoms with Gasteiger partial charge in [0.15, 0.2) is 16.7 Å². The van der Waals surface area contributed by atoms with Crippen molar-refractivity contribution in [2.45, 2.75) is 11.7 Å². The molecule has 0 unspecified atom stereocenters. The van der Waals surface area contributed by atoms with Crippen molar-refractivity contribution in [3.8, 4) is 0 Å². The Morgan fingerprint density at radius 2 is 1.86 bits per heavy atom. The Morgan fingerprint density at radius 3 is 2.62 bits per heavy atom. The number of hydrogen-bond acceptors (Lipinski definition) is 6. The SMILES string of the molecule is NC(=O)c1nnn(Cc2ccccc2)c1NC(=O)CSc1nc2ccccc2[nH]1. The van der Waals surface area contributed by atoms with Gasteiger partial charge in [-0.2, -0.15) is 0 Å². The maximum absolute atomic E-state index is 12.5. The number of rotatable bonds is 7. The lowest BCUT2D eigenvalue weighted by Gasteiger charge is -2.09. The molecule has 2 amide bonds. The number of nitrogens with two attached hydrogens (primary N) is 1. The number of primary amides is 1. The summed E-state index contributed by atoms with van der Waals surface area (Å²) in [7, 11) is 0. The Kier molecular flexibility index (Phi) is 5.25. The second-order valence-electron chi connectivity index (χ2n) is 6.19. The first-order chi connectivity index (χ1) is 14.1. The quantitative estimate of drug-likeness (QED) is 0.402. The smallest absolute Gasteiger partial charge is 0.273 e. The van der Waals surface area contributed by atoms with E-state index in [4.69, 9.17) is 5.73 Å². The van der Waals surface area contributed by atoms with Gasteiger partial charge in [-0.05, 0) is 17.7 Å². The zero-order valence-corrected chi connectivity index (χ0v) is 16.0. The van der Waals surface area contributed by atoms with Crippen LogP contribution in [0.2, 0.25) is 0 Å². The van der Waals surface area contributed by atoms with Crippen LogP contribution in [0.15, 0.2) is 59.8 Å². The number of carbonyl (C=O) groups is 2. The molecular formula is C19H17N7O2S. The van der Waals surface area contributed by atoms with Gasteiger partial charge in [-0.15, -0.1) is 5.10 Å². The molecule has 0 saturated heterocycles. The van der Waals surface area contributed by atoms with Crippen LogP contribution in [0.1, 0.15) is 16.1 Å². The number of benzene rings is 2. The van der Waals surface area contributed by atoms with Crippen LogP contribution in [0, 0.1) is 0 Å². The third-order valence-electron chi connectivity index (χ3n) is 4.11. The number of carbonyl (C=O) groups excluding carboxylic acids is 2. The van der Waals surface area contributed by atoms with E-state index in [1.54, 1.807) is 0 Å². The number of aromatic nitrogens is 5. The maximum Gasteiger partial charge on any atom is 0.273 e. The predicted molar refractivity (Wildman–Crippen MR) is 110 cm³/mol. The van der Waals surface area contributed by atoms with Gasteiger partial charge in [0.25, 0.3) is 5.91 Å². The highest BCUT2D eigenvalue weighted by Crippen LogP contribution is 2.20. The van der Waals surface area contributed by atoms with Crippen LogP contribution in [0.25, 0.3) is 11.0 Å². The predicted octanol–water partition coefficient (Wildman–Crippen LogP) is 2.03. The molecule has 0 atom stereocenters. The Labute approximate surface area is 169 Å².